The van der Waals surface area contributed by atoms with Crippen LogP contribution in [0.2, 0.25) is 37.8 Å². The summed E-state index contributed by atoms with van der Waals surface area (Å²) in [7, 11) is -18.6. The molecule has 0 aliphatic carbocycles. The Morgan fingerprint density at radius 1 is 0.208 bits per heavy atom. The van der Waals surface area contributed by atoms with E-state index in [0.717, 1.165) is 0 Å². The van der Waals surface area contributed by atoms with Crippen LogP contribution in [-0.2, 0) is 12.3 Å². The molecule has 1 rings (SSSR count). The van der Waals surface area contributed by atoms with Gasteiger partial charge in [-0.15, -0.1) is 0 Å². The van der Waals surface area contributed by atoms with Gasteiger partial charge in [-0.3, -0.25) is 0 Å². The van der Waals surface area contributed by atoms with E-state index in [1.54, 1.807) is 0 Å². The minimum absolute atomic E-state index is 0.216. The first-order chi connectivity index (χ1) is 30.5. The fourth-order valence-corrected chi connectivity index (χ4v) is 23.1. The van der Waals surface area contributed by atoms with E-state index >= 15 is 0 Å². The van der Waals surface area contributed by atoms with E-state index in [1.165, 1.54) is 0 Å². The average Bonchev–Trinajstić information content (AvgIpc) is 3.13. The molecule has 0 saturated carbocycles. The third-order valence-corrected chi connectivity index (χ3v) is 23.8. The lowest BCUT2D eigenvalue weighted by molar-refractivity contribution is -0.440. The summed E-state index contributed by atoms with van der Waals surface area (Å²) >= 11 is 0. The van der Waals surface area contributed by atoms with Crippen LogP contribution in [0, 0.1) is 0 Å². The smallest absolute Gasteiger partial charge is 0.416 e. The molecule has 0 unspecified atom stereocenters. The first kappa shape index (κ1) is 67.8. The Kier molecular flexibility index (Phi) is 16.9. The molecule has 0 bridgehead atoms. The lowest BCUT2D eigenvalue weighted by Gasteiger charge is -2.51. The second-order valence-corrected chi connectivity index (χ2v) is 26.5. The Hall–Kier alpha value is -2.20. The van der Waals surface area contributed by atoms with E-state index in [1.807, 2.05) is 0 Å². The van der Waals surface area contributed by atoms with Gasteiger partial charge in [-0.1, -0.05) is 0 Å². The van der Waals surface area contributed by atoms with Gasteiger partial charge in [-0.05, 0) is 37.8 Å². The molecular weight excluding hydrogens is 1200 g/mol. The van der Waals surface area contributed by atoms with Gasteiger partial charge in [-0.2, -0.15) is 171 Å². The summed E-state index contributed by atoms with van der Waals surface area (Å²) in [6, 6.07) is -8.18. The molecule has 0 radical (unpaired) electrons. The normalized spacial score (nSPS) is 23.8. The summed E-state index contributed by atoms with van der Waals surface area (Å²) in [5, 5.41) is 0. The van der Waals surface area contributed by atoms with Crippen molar-refractivity contribution >= 4 is 25.7 Å². The Bertz CT molecular complexity index is 1700. The lowest BCUT2D eigenvalue weighted by Crippen LogP contribution is -2.71. The molecule has 1 heterocycles. The molecule has 0 aromatic rings. The zero-order valence-corrected chi connectivity index (χ0v) is 36.7. The van der Waals surface area contributed by atoms with Gasteiger partial charge >= 0.3 is 133 Å². The van der Waals surface area contributed by atoms with Gasteiger partial charge in [0.05, 0.1) is 0 Å². The summed E-state index contributed by atoms with van der Waals surface area (Å²) in [4.78, 5) is 0. The molecule has 0 atom stereocenters. The maximum absolute atomic E-state index is 14.8. The van der Waals surface area contributed by atoms with E-state index in [9.17, 15) is 171 Å². The van der Waals surface area contributed by atoms with E-state index in [0.29, 0.717) is 0 Å². The SMILES string of the molecule is C[Si]1(CCC(F)(F)C(F)(F)C(F)(F)C(F)(F)C(F)(F)C(F)(F)F)O[Si](C)(CCC(F)(F)C(F)(F)C(F)(F)C(F)(F)C(F)(F)C(F)(F)F)O[Si](C)(CCC(F)(F)C(F)(F)C(F)(F)C(F)(F)C(F)(F)C(F)(F)F)O1. The van der Waals surface area contributed by atoms with Gasteiger partial charge < -0.3 is 12.3 Å². The maximum atomic E-state index is 14.8. The molecule has 1 fully saturated rings. The second-order valence-electron chi connectivity index (χ2n) is 15.7. The van der Waals surface area contributed by atoms with Crippen LogP contribution in [0.15, 0.2) is 0 Å². The number of alkyl halides is 39. The van der Waals surface area contributed by atoms with Crippen molar-refractivity contribution < 1.29 is 184 Å². The van der Waals surface area contributed by atoms with Crippen molar-refractivity contribution in [2.24, 2.45) is 0 Å². The van der Waals surface area contributed by atoms with Crippen LogP contribution in [0.1, 0.15) is 19.3 Å². The van der Waals surface area contributed by atoms with Crippen LogP contribution >= 0.6 is 0 Å². The van der Waals surface area contributed by atoms with Gasteiger partial charge in [0, 0.05) is 19.3 Å². The van der Waals surface area contributed by atoms with Crippen molar-refractivity contribution in [1.82, 2.24) is 0 Å². The predicted octanol–water partition coefficient (Wildman–Crippen LogP) is 15.7. The number of hydrogen-bond acceptors (Lipinski definition) is 3. The van der Waals surface area contributed by atoms with Crippen LogP contribution < -0.4 is 0 Å². The van der Waals surface area contributed by atoms with Gasteiger partial charge in [-0.25, -0.2) is 0 Å². The highest BCUT2D eigenvalue weighted by Gasteiger charge is 2.93. The van der Waals surface area contributed by atoms with Crippen LogP contribution in [0.4, 0.5) is 171 Å². The molecular formula is C27H21F39O3Si3. The number of hydrogen-bond donors (Lipinski definition) is 0. The van der Waals surface area contributed by atoms with Crippen molar-refractivity contribution in [1.29, 1.82) is 0 Å². The molecule has 0 amide bonds. The molecule has 0 N–H and O–H groups in total. The van der Waals surface area contributed by atoms with Crippen molar-refractivity contribution in [3.05, 3.63) is 0 Å². The number of halogens is 39. The molecule has 0 spiro atoms. The van der Waals surface area contributed by atoms with Gasteiger partial charge in [0.15, 0.2) is 0 Å². The Labute approximate surface area is 374 Å². The number of rotatable bonds is 21. The van der Waals surface area contributed by atoms with Gasteiger partial charge in [0.25, 0.3) is 0 Å². The van der Waals surface area contributed by atoms with Crippen molar-refractivity contribution in [2.45, 2.75) is 164 Å². The summed E-state index contributed by atoms with van der Waals surface area (Å²) < 4.78 is 548. The zero-order chi connectivity index (χ0) is 58.9. The standard InChI is InChI=1S/C27H21F39O3Si3/c1-70(7-4-10(28,29)13(34,35)16(40,41)19(46,47)22(52,53)25(58,59)60)67-71(2,8-5-11(30,31)14(36,37)17(42,43)20(48,49)23(54,55)26(61,62)63)69-72(3,68-70)9-6-12(32,33)15(38,39)18(44,45)21(50,51)24(56,57)27(64,65)66/h4-9H2,1-3H3. The van der Waals surface area contributed by atoms with E-state index < -0.39 is 170 Å². The Morgan fingerprint density at radius 3 is 0.458 bits per heavy atom. The third kappa shape index (κ3) is 10.3. The fraction of sp³-hybridized carbons (Fsp3) is 1.00. The highest BCUT2D eigenvalue weighted by atomic mass is 28.5. The van der Waals surface area contributed by atoms with Crippen LogP contribution in [0.25, 0.3) is 0 Å². The van der Waals surface area contributed by atoms with Crippen LogP contribution in [-0.4, -0.2) is 133 Å². The lowest BCUT2D eigenvalue weighted by atomic mass is 9.93. The largest absolute Gasteiger partial charge is 0.460 e. The molecule has 1 aliphatic rings. The first-order valence-corrected chi connectivity index (χ1v) is 25.0. The minimum atomic E-state index is -8.64. The topological polar surface area (TPSA) is 27.7 Å². The third-order valence-electron chi connectivity index (χ3n) is 9.97. The molecule has 0 aromatic heterocycles. The van der Waals surface area contributed by atoms with Crippen molar-refractivity contribution in [2.75, 3.05) is 0 Å². The Balaban J connectivity index is 4.05. The van der Waals surface area contributed by atoms with Crippen molar-refractivity contribution in [3.63, 3.8) is 0 Å². The van der Waals surface area contributed by atoms with Crippen LogP contribution in [0.3, 0.4) is 0 Å². The quantitative estimate of drug-likeness (QED) is 0.0847. The van der Waals surface area contributed by atoms with Crippen molar-refractivity contribution in [3.8, 4) is 0 Å². The highest BCUT2D eigenvalue weighted by molar-refractivity contribution is 6.93. The molecule has 45 heteroatoms. The van der Waals surface area contributed by atoms with E-state index in [-0.39, 0.29) is 19.6 Å². The monoisotopic (exact) mass is 1220 g/mol. The summed E-state index contributed by atoms with van der Waals surface area (Å²) in [6.45, 7) is -0.648. The van der Waals surface area contributed by atoms with Gasteiger partial charge in [0.2, 0.25) is 0 Å². The van der Waals surface area contributed by atoms with Gasteiger partial charge in [0.1, 0.15) is 0 Å². The molecule has 3 nitrogen and oxygen atoms in total. The average molecular weight is 1220 g/mol. The molecule has 1 saturated heterocycles. The molecule has 1 aliphatic heterocycles. The molecule has 432 valence electrons. The van der Waals surface area contributed by atoms with Crippen LogP contribution in [0.5, 0.6) is 0 Å². The highest BCUT2D eigenvalue weighted by Crippen LogP contribution is 2.65. The molecule has 0 aromatic carbocycles. The second kappa shape index (κ2) is 17.9. The predicted molar refractivity (Wildman–Crippen MR) is 159 cm³/mol. The fourth-order valence-electron chi connectivity index (χ4n) is 5.77. The summed E-state index contributed by atoms with van der Waals surface area (Å²) in [5.41, 5.74) is 0. The molecule has 72 heavy (non-hydrogen) atoms. The van der Waals surface area contributed by atoms with E-state index in [4.69, 9.17) is 12.3 Å². The zero-order valence-electron chi connectivity index (χ0n) is 33.7. The van der Waals surface area contributed by atoms with E-state index in [2.05, 4.69) is 0 Å². The summed E-state index contributed by atoms with van der Waals surface area (Å²) in [5.74, 6) is -124. The Morgan fingerprint density at radius 2 is 0.333 bits per heavy atom. The maximum Gasteiger partial charge on any atom is 0.460 e. The minimum Gasteiger partial charge on any atom is -0.416 e. The first-order valence-electron chi connectivity index (χ1n) is 17.5. The summed E-state index contributed by atoms with van der Waals surface area (Å²) in [6.07, 6.45) is -34.8.